The van der Waals surface area contributed by atoms with Crippen LogP contribution in [-0.2, 0) is 4.79 Å². The molecule has 25 heavy (non-hydrogen) atoms. The summed E-state index contributed by atoms with van der Waals surface area (Å²) >= 11 is 0. The van der Waals surface area contributed by atoms with E-state index in [2.05, 4.69) is 32.9 Å². The SMILES string of the molecule is CCCCCC/C=C1/C=C(CCCCCCCCCC)C(=O)CC1C. The van der Waals surface area contributed by atoms with Crippen LogP contribution in [0.2, 0.25) is 0 Å². The molecule has 0 saturated carbocycles. The van der Waals surface area contributed by atoms with Crippen LogP contribution >= 0.6 is 0 Å². The third-order valence-corrected chi connectivity index (χ3v) is 5.50. The van der Waals surface area contributed by atoms with Gasteiger partial charge >= 0.3 is 0 Å². The fourth-order valence-corrected chi connectivity index (χ4v) is 3.71. The van der Waals surface area contributed by atoms with Gasteiger partial charge in [0.25, 0.3) is 0 Å². The highest BCUT2D eigenvalue weighted by atomic mass is 16.1. The lowest BCUT2D eigenvalue weighted by molar-refractivity contribution is -0.116. The molecule has 0 N–H and O–H groups in total. The predicted molar refractivity (Wildman–Crippen MR) is 111 cm³/mol. The molecular weight excluding hydrogens is 304 g/mol. The van der Waals surface area contributed by atoms with Crippen molar-refractivity contribution in [2.75, 3.05) is 0 Å². The van der Waals surface area contributed by atoms with Crippen molar-refractivity contribution in [2.45, 2.75) is 117 Å². The van der Waals surface area contributed by atoms with E-state index in [9.17, 15) is 4.79 Å². The lowest BCUT2D eigenvalue weighted by Crippen LogP contribution is -2.16. The smallest absolute Gasteiger partial charge is 0.159 e. The summed E-state index contributed by atoms with van der Waals surface area (Å²) in [4.78, 5) is 12.3. The molecule has 1 rings (SSSR count). The summed E-state index contributed by atoms with van der Waals surface area (Å²) in [5.74, 6) is 0.819. The number of hydrogen-bond donors (Lipinski definition) is 0. The van der Waals surface area contributed by atoms with Gasteiger partial charge in [-0.05, 0) is 42.7 Å². The van der Waals surface area contributed by atoms with E-state index in [4.69, 9.17) is 0 Å². The summed E-state index contributed by atoms with van der Waals surface area (Å²) in [7, 11) is 0. The lowest BCUT2D eigenvalue weighted by atomic mass is 9.83. The van der Waals surface area contributed by atoms with Crippen LogP contribution < -0.4 is 0 Å². The maximum atomic E-state index is 12.3. The van der Waals surface area contributed by atoms with Crippen LogP contribution in [0.15, 0.2) is 23.3 Å². The van der Waals surface area contributed by atoms with E-state index in [1.165, 1.54) is 89.0 Å². The van der Waals surface area contributed by atoms with Crippen LogP contribution in [0.25, 0.3) is 0 Å². The molecule has 0 aromatic heterocycles. The van der Waals surface area contributed by atoms with Gasteiger partial charge in [0.2, 0.25) is 0 Å². The number of hydrogen-bond acceptors (Lipinski definition) is 1. The Hall–Kier alpha value is -0.850. The minimum absolute atomic E-state index is 0.401. The zero-order valence-corrected chi connectivity index (χ0v) is 17.2. The monoisotopic (exact) mass is 346 g/mol. The maximum Gasteiger partial charge on any atom is 0.159 e. The highest BCUT2D eigenvalue weighted by Gasteiger charge is 2.21. The molecule has 0 bridgehead atoms. The molecule has 0 aliphatic heterocycles. The quantitative estimate of drug-likeness (QED) is 0.292. The molecule has 1 unspecified atom stereocenters. The third-order valence-electron chi connectivity index (χ3n) is 5.50. The van der Waals surface area contributed by atoms with Gasteiger partial charge in [-0.2, -0.15) is 0 Å². The molecule has 0 spiro atoms. The van der Waals surface area contributed by atoms with Crippen molar-refractivity contribution in [1.82, 2.24) is 0 Å². The lowest BCUT2D eigenvalue weighted by Gasteiger charge is -2.21. The molecule has 0 aromatic carbocycles. The Bertz CT molecular complexity index is 416. The number of unbranched alkanes of at least 4 members (excludes halogenated alkanes) is 11. The van der Waals surface area contributed by atoms with Crippen LogP contribution in [0.3, 0.4) is 0 Å². The van der Waals surface area contributed by atoms with Crippen molar-refractivity contribution in [3.8, 4) is 0 Å². The summed E-state index contributed by atoms with van der Waals surface area (Å²) < 4.78 is 0. The van der Waals surface area contributed by atoms with Crippen LogP contribution in [0.1, 0.15) is 117 Å². The van der Waals surface area contributed by atoms with Crippen LogP contribution in [0.4, 0.5) is 0 Å². The maximum absolute atomic E-state index is 12.3. The van der Waals surface area contributed by atoms with Crippen LogP contribution in [0, 0.1) is 5.92 Å². The molecule has 1 nitrogen and oxygen atoms in total. The van der Waals surface area contributed by atoms with Crippen molar-refractivity contribution >= 4 is 5.78 Å². The van der Waals surface area contributed by atoms with E-state index in [0.717, 1.165) is 18.4 Å². The van der Waals surface area contributed by atoms with Crippen molar-refractivity contribution in [3.63, 3.8) is 0 Å². The first kappa shape index (κ1) is 22.2. The largest absolute Gasteiger partial charge is 0.295 e. The zero-order chi connectivity index (χ0) is 18.3. The Morgan fingerprint density at radius 2 is 1.44 bits per heavy atom. The number of rotatable bonds is 14. The number of carbonyl (C=O) groups is 1. The molecule has 1 aliphatic carbocycles. The van der Waals surface area contributed by atoms with Gasteiger partial charge in [0, 0.05) is 6.42 Å². The molecule has 0 heterocycles. The van der Waals surface area contributed by atoms with E-state index in [1.54, 1.807) is 0 Å². The van der Waals surface area contributed by atoms with E-state index in [-0.39, 0.29) is 0 Å². The number of allylic oxidation sites excluding steroid dienone is 4. The number of carbonyl (C=O) groups excluding carboxylic acids is 1. The summed E-state index contributed by atoms with van der Waals surface area (Å²) in [6.45, 7) is 6.73. The second-order valence-electron chi connectivity index (χ2n) is 7.98. The first-order valence-corrected chi connectivity index (χ1v) is 11.1. The van der Waals surface area contributed by atoms with Crippen molar-refractivity contribution in [1.29, 1.82) is 0 Å². The summed E-state index contributed by atoms with van der Waals surface area (Å²) in [5, 5.41) is 0. The minimum atomic E-state index is 0.401. The van der Waals surface area contributed by atoms with Gasteiger partial charge in [0.1, 0.15) is 0 Å². The van der Waals surface area contributed by atoms with Crippen LogP contribution in [-0.4, -0.2) is 5.78 Å². The second-order valence-corrected chi connectivity index (χ2v) is 7.98. The topological polar surface area (TPSA) is 17.1 Å². The van der Waals surface area contributed by atoms with E-state index in [1.807, 2.05) is 0 Å². The number of ketones is 1. The molecule has 144 valence electrons. The van der Waals surface area contributed by atoms with Crippen molar-refractivity contribution in [2.24, 2.45) is 5.92 Å². The molecule has 0 fully saturated rings. The fraction of sp³-hybridized carbons (Fsp3) is 0.792. The highest BCUT2D eigenvalue weighted by molar-refractivity contribution is 5.97. The Balaban J connectivity index is 2.31. The number of Topliss-reactive ketones (excluding diaryl/α,β-unsaturated/α-hetero) is 1. The summed E-state index contributed by atoms with van der Waals surface area (Å²) in [5.41, 5.74) is 2.52. The van der Waals surface area contributed by atoms with Gasteiger partial charge < -0.3 is 0 Å². The van der Waals surface area contributed by atoms with Gasteiger partial charge in [-0.15, -0.1) is 0 Å². The van der Waals surface area contributed by atoms with E-state index < -0.39 is 0 Å². The second kappa shape index (κ2) is 14.3. The highest BCUT2D eigenvalue weighted by Crippen LogP contribution is 2.29. The average molecular weight is 347 g/mol. The predicted octanol–water partition coefficient (Wildman–Crippen LogP) is 7.95. The van der Waals surface area contributed by atoms with Crippen LogP contribution in [0.5, 0.6) is 0 Å². The Kier molecular flexibility index (Phi) is 12.7. The molecule has 0 aromatic rings. The molecule has 0 amide bonds. The normalized spacial score (nSPS) is 19.5. The first-order chi connectivity index (χ1) is 12.2. The van der Waals surface area contributed by atoms with E-state index >= 15 is 0 Å². The molecule has 0 saturated heterocycles. The molecule has 1 heteroatoms. The first-order valence-electron chi connectivity index (χ1n) is 11.1. The van der Waals surface area contributed by atoms with Gasteiger partial charge in [-0.1, -0.05) is 97.1 Å². The fourth-order valence-electron chi connectivity index (χ4n) is 3.71. The minimum Gasteiger partial charge on any atom is -0.295 e. The summed E-state index contributed by atoms with van der Waals surface area (Å²) in [6, 6.07) is 0. The standard InChI is InChI=1S/C24H42O/c1-4-6-8-10-11-12-14-16-18-23-20-22(21(3)19-24(23)25)17-15-13-9-7-5-2/h17,20-21H,4-16,18-19H2,1-3H3/b22-17-. The third kappa shape index (κ3) is 10.0. The summed E-state index contributed by atoms with van der Waals surface area (Å²) in [6.07, 6.45) is 23.5. The Morgan fingerprint density at radius 3 is 2.08 bits per heavy atom. The van der Waals surface area contributed by atoms with Crippen molar-refractivity contribution in [3.05, 3.63) is 23.3 Å². The molecular formula is C24H42O. The molecule has 0 radical (unpaired) electrons. The van der Waals surface area contributed by atoms with Crippen molar-refractivity contribution < 1.29 is 4.79 Å². The molecule has 1 aliphatic rings. The van der Waals surface area contributed by atoms with Gasteiger partial charge in [-0.3, -0.25) is 4.79 Å². The van der Waals surface area contributed by atoms with Gasteiger partial charge in [0.05, 0.1) is 0 Å². The Morgan fingerprint density at radius 1 is 0.880 bits per heavy atom. The van der Waals surface area contributed by atoms with E-state index in [0.29, 0.717) is 11.7 Å². The van der Waals surface area contributed by atoms with Gasteiger partial charge in [-0.25, -0.2) is 0 Å². The zero-order valence-electron chi connectivity index (χ0n) is 17.2. The average Bonchev–Trinajstić information content (AvgIpc) is 2.60. The Labute approximate surface area is 157 Å². The molecule has 1 atom stereocenters. The van der Waals surface area contributed by atoms with Gasteiger partial charge in [0.15, 0.2) is 5.78 Å².